The second-order valence-electron chi connectivity index (χ2n) is 5.75. The maximum absolute atomic E-state index is 6.42. The van der Waals surface area contributed by atoms with E-state index in [1.54, 1.807) is 0 Å². The van der Waals surface area contributed by atoms with Gasteiger partial charge in [-0.2, -0.15) is 0 Å². The quantitative estimate of drug-likeness (QED) is 0.784. The number of allylic oxidation sites excluding steroid dienone is 3. The van der Waals surface area contributed by atoms with E-state index in [2.05, 4.69) is 60.6 Å². The molecule has 0 saturated heterocycles. The van der Waals surface area contributed by atoms with Crippen LogP contribution in [0.25, 0.3) is 0 Å². The zero-order chi connectivity index (χ0) is 15.9. The van der Waals surface area contributed by atoms with Crippen LogP contribution in [0.3, 0.4) is 0 Å². The van der Waals surface area contributed by atoms with Crippen molar-refractivity contribution in [1.82, 2.24) is 10.2 Å². The summed E-state index contributed by atoms with van der Waals surface area (Å²) in [6.45, 7) is 9.01. The molecule has 1 aromatic carbocycles. The summed E-state index contributed by atoms with van der Waals surface area (Å²) < 4.78 is 0. The first-order valence-electron chi connectivity index (χ1n) is 7.82. The molecule has 0 spiro atoms. The highest BCUT2D eigenvalue weighted by Gasteiger charge is 2.12. The minimum Gasteiger partial charge on any atom is -0.347 e. The van der Waals surface area contributed by atoms with Crippen LogP contribution in [0.4, 0.5) is 0 Å². The Morgan fingerprint density at radius 1 is 1.41 bits per heavy atom. The number of aryl methyl sites for hydroxylation is 1. The van der Waals surface area contributed by atoms with E-state index >= 15 is 0 Å². The van der Waals surface area contributed by atoms with Crippen molar-refractivity contribution in [1.29, 1.82) is 0 Å². The molecular formula is C19H25ClN2. The SMILES string of the molecule is C/C=C/C(C)=C/N(Cc1ccc(C)cc1Cl)C1=CCNCC1. The molecule has 0 aliphatic carbocycles. The third kappa shape index (κ3) is 4.75. The lowest BCUT2D eigenvalue weighted by Crippen LogP contribution is -2.27. The van der Waals surface area contributed by atoms with Gasteiger partial charge in [0.1, 0.15) is 0 Å². The Hall–Kier alpha value is -1.51. The molecule has 3 heteroatoms. The van der Waals surface area contributed by atoms with Crippen LogP contribution in [-0.2, 0) is 6.54 Å². The van der Waals surface area contributed by atoms with Gasteiger partial charge in [-0.05, 0) is 50.0 Å². The molecule has 2 nitrogen and oxygen atoms in total. The number of halogens is 1. The van der Waals surface area contributed by atoms with E-state index in [1.807, 2.05) is 13.0 Å². The van der Waals surface area contributed by atoms with Crippen LogP contribution in [0.15, 0.2) is 53.9 Å². The van der Waals surface area contributed by atoms with E-state index in [1.165, 1.54) is 16.8 Å². The third-order valence-electron chi connectivity index (χ3n) is 3.75. The Bertz CT molecular complexity index is 599. The van der Waals surface area contributed by atoms with Crippen molar-refractivity contribution in [3.05, 3.63) is 70.0 Å². The first kappa shape index (κ1) is 16.9. The van der Waals surface area contributed by atoms with Crippen molar-refractivity contribution in [3.63, 3.8) is 0 Å². The van der Waals surface area contributed by atoms with Crippen LogP contribution in [0.1, 0.15) is 31.4 Å². The summed E-state index contributed by atoms with van der Waals surface area (Å²) in [5, 5.41) is 4.21. The molecule has 1 aliphatic heterocycles. The Morgan fingerprint density at radius 2 is 2.23 bits per heavy atom. The van der Waals surface area contributed by atoms with Gasteiger partial charge in [0.15, 0.2) is 0 Å². The van der Waals surface area contributed by atoms with Crippen LogP contribution in [0.2, 0.25) is 5.02 Å². The van der Waals surface area contributed by atoms with E-state index in [0.717, 1.165) is 36.6 Å². The smallest absolute Gasteiger partial charge is 0.0487 e. The molecule has 1 aliphatic rings. The molecule has 0 fully saturated rings. The minimum atomic E-state index is 0.805. The Balaban J connectivity index is 2.27. The van der Waals surface area contributed by atoms with Crippen molar-refractivity contribution in [2.45, 2.75) is 33.7 Å². The van der Waals surface area contributed by atoms with Gasteiger partial charge < -0.3 is 10.2 Å². The largest absolute Gasteiger partial charge is 0.347 e. The number of nitrogens with one attached hydrogen (secondary N) is 1. The molecule has 0 bridgehead atoms. The van der Waals surface area contributed by atoms with Crippen LogP contribution in [-0.4, -0.2) is 18.0 Å². The lowest BCUT2D eigenvalue weighted by molar-refractivity contribution is 0.422. The molecule has 0 aromatic heterocycles. The number of nitrogens with zero attached hydrogens (tertiary/aromatic N) is 1. The highest BCUT2D eigenvalue weighted by molar-refractivity contribution is 6.31. The van der Waals surface area contributed by atoms with E-state index in [0.29, 0.717) is 0 Å². The molecule has 0 radical (unpaired) electrons. The fraction of sp³-hybridized carbons (Fsp3) is 0.368. The minimum absolute atomic E-state index is 0.805. The summed E-state index contributed by atoms with van der Waals surface area (Å²) >= 11 is 6.42. The molecule has 1 N–H and O–H groups in total. The van der Waals surface area contributed by atoms with Gasteiger partial charge in [0.25, 0.3) is 0 Å². The average Bonchev–Trinajstić information content (AvgIpc) is 2.50. The van der Waals surface area contributed by atoms with Gasteiger partial charge in [-0.3, -0.25) is 0 Å². The average molecular weight is 317 g/mol. The van der Waals surface area contributed by atoms with Crippen molar-refractivity contribution in [2.24, 2.45) is 0 Å². The van der Waals surface area contributed by atoms with E-state index in [-0.39, 0.29) is 0 Å². The number of benzene rings is 1. The van der Waals surface area contributed by atoms with Gasteiger partial charge in [0.05, 0.1) is 0 Å². The van der Waals surface area contributed by atoms with E-state index < -0.39 is 0 Å². The molecule has 1 heterocycles. The predicted octanol–water partition coefficient (Wildman–Crippen LogP) is 4.81. The van der Waals surface area contributed by atoms with E-state index in [9.17, 15) is 0 Å². The van der Waals surface area contributed by atoms with Crippen molar-refractivity contribution in [3.8, 4) is 0 Å². The fourth-order valence-corrected chi connectivity index (χ4v) is 2.91. The van der Waals surface area contributed by atoms with Crippen molar-refractivity contribution >= 4 is 11.6 Å². The molecule has 0 saturated carbocycles. The molecule has 0 atom stereocenters. The maximum atomic E-state index is 6.42. The van der Waals surface area contributed by atoms with Gasteiger partial charge in [0, 0.05) is 36.6 Å². The second kappa shape index (κ2) is 8.21. The lowest BCUT2D eigenvalue weighted by atomic mass is 10.1. The topological polar surface area (TPSA) is 15.3 Å². The zero-order valence-electron chi connectivity index (χ0n) is 13.7. The van der Waals surface area contributed by atoms with Gasteiger partial charge in [0.2, 0.25) is 0 Å². The monoisotopic (exact) mass is 316 g/mol. The molecule has 2 rings (SSSR count). The number of hydrogen-bond donors (Lipinski definition) is 1. The maximum Gasteiger partial charge on any atom is 0.0487 e. The highest BCUT2D eigenvalue weighted by Crippen LogP contribution is 2.23. The van der Waals surface area contributed by atoms with Crippen molar-refractivity contribution in [2.75, 3.05) is 13.1 Å². The summed E-state index contributed by atoms with van der Waals surface area (Å²) in [5.74, 6) is 0. The van der Waals surface area contributed by atoms with Crippen LogP contribution in [0, 0.1) is 6.92 Å². The van der Waals surface area contributed by atoms with Gasteiger partial charge in [-0.25, -0.2) is 0 Å². The van der Waals surface area contributed by atoms with Crippen LogP contribution < -0.4 is 5.32 Å². The van der Waals surface area contributed by atoms with Crippen molar-refractivity contribution < 1.29 is 0 Å². The number of rotatable bonds is 5. The summed E-state index contributed by atoms with van der Waals surface area (Å²) in [4.78, 5) is 2.33. The van der Waals surface area contributed by atoms with Crippen LogP contribution >= 0.6 is 11.6 Å². The molecule has 0 amide bonds. The molecule has 1 aromatic rings. The molecule has 0 unspecified atom stereocenters. The van der Waals surface area contributed by atoms with E-state index in [4.69, 9.17) is 11.6 Å². The van der Waals surface area contributed by atoms with Gasteiger partial charge in [-0.1, -0.05) is 42.0 Å². The predicted molar refractivity (Wildman–Crippen MR) is 95.9 cm³/mol. The molecular weight excluding hydrogens is 292 g/mol. The molecule has 22 heavy (non-hydrogen) atoms. The molecule has 118 valence electrons. The second-order valence-corrected chi connectivity index (χ2v) is 6.15. The number of hydrogen-bond acceptors (Lipinski definition) is 2. The Morgan fingerprint density at radius 3 is 2.86 bits per heavy atom. The summed E-state index contributed by atoms with van der Waals surface area (Å²) in [6, 6.07) is 6.29. The zero-order valence-corrected chi connectivity index (χ0v) is 14.5. The van der Waals surface area contributed by atoms with Gasteiger partial charge >= 0.3 is 0 Å². The highest BCUT2D eigenvalue weighted by atomic mass is 35.5. The lowest BCUT2D eigenvalue weighted by Gasteiger charge is -2.28. The third-order valence-corrected chi connectivity index (χ3v) is 4.10. The first-order valence-corrected chi connectivity index (χ1v) is 8.20. The summed E-state index contributed by atoms with van der Waals surface area (Å²) in [7, 11) is 0. The Labute approximate surface area is 139 Å². The van der Waals surface area contributed by atoms with Gasteiger partial charge in [-0.15, -0.1) is 0 Å². The normalized spacial score (nSPS) is 16.0. The Kier molecular flexibility index (Phi) is 6.29. The fourth-order valence-electron chi connectivity index (χ4n) is 2.62. The summed E-state index contributed by atoms with van der Waals surface area (Å²) in [5.41, 5.74) is 4.96. The standard InChI is InChI=1S/C19H25ClN2/c1-4-5-16(3)13-22(18-8-10-21-11-9-18)14-17-7-6-15(2)12-19(17)20/h4-8,12-13,21H,9-11,14H2,1-3H3/b5-4+,16-13+. The summed E-state index contributed by atoms with van der Waals surface area (Å²) in [6.07, 6.45) is 9.73. The van der Waals surface area contributed by atoms with Crippen LogP contribution in [0.5, 0.6) is 0 Å². The first-order chi connectivity index (χ1) is 10.6.